The van der Waals surface area contributed by atoms with E-state index in [-0.39, 0.29) is 5.91 Å². The molecule has 0 aromatic carbocycles. The molecule has 1 saturated heterocycles. The second-order valence-electron chi connectivity index (χ2n) is 3.63. The lowest BCUT2D eigenvalue weighted by molar-refractivity contribution is -0.143. The van der Waals surface area contributed by atoms with Gasteiger partial charge in [0.2, 0.25) is 0 Å². The number of nitrogens with zero attached hydrogens (tertiary/aromatic N) is 3. The molecule has 6 nitrogen and oxygen atoms in total. The fraction of sp³-hybridized carbons (Fsp3) is 0.556. The SMILES string of the molecule is O=C(O)[C@@H]1CCCCN1C(=O)c1cnns1. The summed E-state index contributed by atoms with van der Waals surface area (Å²) in [6.45, 7) is 0.494. The minimum Gasteiger partial charge on any atom is -0.480 e. The minimum atomic E-state index is -0.939. The number of aromatic nitrogens is 2. The molecule has 0 spiro atoms. The Bertz CT molecular complexity index is 393. The van der Waals surface area contributed by atoms with Gasteiger partial charge in [0.15, 0.2) is 0 Å². The molecule has 0 saturated carbocycles. The highest BCUT2D eigenvalue weighted by Crippen LogP contribution is 2.20. The first-order chi connectivity index (χ1) is 7.70. The van der Waals surface area contributed by atoms with Crippen LogP contribution in [0.2, 0.25) is 0 Å². The van der Waals surface area contributed by atoms with Crippen LogP contribution in [-0.4, -0.2) is 44.1 Å². The zero-order chi connectivity index (χ0) is 11.5. The summed E-state index contributed by atoms with van der Waals surface area (Å²) in [4.78, 5) is 24.8. The Hall–Kier alpha value is -1.50. The molecule has 1 aliphatic heterocycles. The smallest absolute Gasteiger partial charge is 0.326 e. The Balaban J connectivity index is 2.17. The molecule has 1 aliphatic rings. The van der Waals surface area contributed by atoms with E-state index >= 15 is 0 Å². The second kappa shape index (κ2) is 4.56. The summed E-state index contributed by atoms with van der Waals surface area (Å²) in [5, 5.41) is 12.6. The minimum absolute atomic E-state index is 0.276. The van der Waals surface area contributed by atoms with Crippen LogP contribution in [0, 0.1) is 0 Å². The summed E-state index contributed by atoms with van der Waals surface area (Å²) < 4.78 is 3.60. The fourth-order valence-electron chi connectivity index (χ4n) is 1.83. The highest BCUT2D eigenvalue weighted by molar-refractivity contribution is 7.07. The Morgan fingerprint density at radius 2 is 2.31 bits per heavy atom. The van der Waals surface area contributed by atoms with Gasteiger partial charge in [-0.1, -0.05) is 4.49 Å². The van der Waals surface area contributed by atoms with E-state index in [9.17, 15) is 9.59 Å². The first kappa shape index (κ1) is 11.0. The summed E-state index contributed by atoms with van der Waals surface area (Å²) in [6.07, 6.45) is 3.59. The number of carboxylic acids is 1. The maximum Gasteiger partial charge on any atom is 0.326 e. The monoisotopic (exact) mass is 241 g/mol. The lowest BCUT2D eigenvalue weighted by Crippen LogP contribution is -2.47. The molecule has 7 heteroatoms. The maximum atomic E-state index is 12.0. The van der Waals surface area contributed by atoms with Crippen molar-refractivity contribution in [3.8, 4) is 0 Å². The number of aliphatic carboxylic acids is 1. The van der Waals surface area contributed by atoms with Gasteiger partial charge in [-0.05, 0) is 30.8 Å². The number of rotatable bonds is 2. The van der Waals surface area contributed by atoms with Crippen molar-refractivity contribution in [3.05, 3.63) is 11.1 Å². The van der Waals surface area contributed by atoms with Crippen molar-refractivity contribution in [1.82, 2.24) is 14.5 Å². The van der Waals surface area contributed by atoms with Gasteiger partial charge in [0.25, 0.3) is 5.91 Å². The van der Waals surface area contributed by atoms with Crippen molar-refractivity contribution in [2.75, 3.05) is 6.54 Å². The van der Waals surface area contributed by atoms with E-state index in [0.717, 1.165) is 24.4 Å². The molecule has 1 aromatic rings. The molecule has 0 radical (unpaired) electrons. The van der Waals surface area contributed by atoms with Crippen molar-refractivity contribution in [2.24, 2.45) is 0 Å². The number of piperidine rings is 1. The van der Waals surface area contributed by atoms with Crippen LogP contribution in [-0.2, 0) is 4.79 Å². The third kappa shape index (κ3) is 2.04. The molecule has 0 aliphatic carbocycles. The molecular weight excluding hydrogens is 230 g/mol. The highest BCUT2D eigenvalue weighted by Gasteiger charge is 2.33. The molecule has 1 atom stereocenters. The van der Waals surface area contributed by atoms with Crippen LogP contribution >= 0.6 is 11.5 Å². The van der Waals surface area contributed by atoms with Crippen LogP contribution in [0.15, 0.2) is 6.20 Å². The summed E-state index contributed by atoms with van der Waals surface area (Å²) in [6, 6.07) is -0.705. The number of carbonyl (C=O) groups excluding carboxylic acids is 1. The second-order valence-corrected chi connectivity index (χ2v) is 4.42. The van der Waals surface area contributed by atoms with Gasteiger partial charge in [-0.25, -0.2) is 4.79 Å². The molecule has 16 heavy (non-hydrogen) atoms. The van der Waals surface area contributed by atoms with Gasteiger partial charge in [0, 0.05) is 6.54 Å². The molecule has 1 amide bonds. The summed E-state index contributed by atoms with van der Waals surface area (Å²) in [7, 11) is 0. The molecule has 0 unspecified atom stereocenters. The Morgan fingerprint density at radius 1 is 1.50 bits per heavy atom. The average Bonchev–Trinajstić information content (AvgIpc) is 2.81. The van der Waals surface area contributed by atoms with E-state index in [1.165, 1.54) is 11.1 Å². The quantitative estimate of drug-likeness (QED) is 0.820. The zero-order valence-corrected chi connectivity index (χ0v) is 9.31. The van der Waals surface area contributed by atoms with E-state index in [4.69, 9.17) is 5.11 Å². The van der Waals surface area contributed by atoms with Crippen molar-refractivity contribution in [2.45, 2.75) is 25.3 Å². The normalized spacial score (nSPS) is 20.8. The molecule has 2 heterocycles. The van der Waals surface area contributed by atoms with Gasteiger partial charge in [0.1, 0.15) is 10.9 Å². The molecule has 1 aromatic heterocycles. The predicted molar refractivity (Wildman–Crippen MR) is 56.2 cm³/mol. The van der Waals surface area contributed by atoms with E-state index in [2.05, 4.69) is 9.59 Å². The summed E-state index contributed by atoms with van der Waals surface area (Å²) >= 11 is 0.993. The standard InChI is InChI=1S/C9H11N3O3S/c13-8(7-5-10-11-16-7)12-4-2-1-3-6(12)9(14)15/h5-6H,1-4H2,(H,14,15)/t6-/m0/s1. The lowest BCUT2D eigenvalue weighted by atomic mass is 10.0. The van der Waals surface area contributed by atoms with E-state index in [1.54, 1.807) is 0 Å². The first-order valence-electron chi connectivity index (χ1n) is 5.01. The van der Waals surface area contributed by atoms with Gasteiger partial charge >= 0.3 is 5.97 Å². The highest BCUT2D eigenvalue weighted by atomic mass is 32.1. The van der Waals surface area contributed by atoms with Gasteiger partial charge in [-0.2, -0.15) is 0 Å². The number of carboxylic acid groups (broad SMARTS) is 1. The van der Waals surface area contributed by atoms with Crippen LogP contribution < -0.4 is 0 Å². The third-order valence-corrected chi connectivity index (χ3v) is 3.27. The van der Waals surface area contributed by atoms with E-state index < -0.39 is 12.0 Å². The molecule has 1 N–H and O–H groups in total. The number of carbonyl (C=O) groups is 2. The Morgan fingerprint density at radius 3 is 2.94 bits per heavy atom. The van der Waals surface area contributed by atoms with Gasteiger partial charge in [-0.15, -0.1) is 5.10 Å². The average molecular weight is 241 g/mol. The summed E-state index contributed by atoms with van der Waals surface area (Å²) in [5.41, 5.74) is 0. The van der Waals surface area contributed by atoms with Crippen molar-refractivity contribution < 1.29 is 14.7 Å². The third-order valence-electron chi connectivity index (χ3n) is 2.62. The van der Waals surface area contributed by atoms with Crippen LogP contribution in [0.1, 0.15) is 28.9 Å². The van der Waals surface area contributed by atoms with Gasteiger partial charge in [-0.3, -0.25) is 4.79 Å². The lowest BCUT2D eigenvalue weighted by Gasteiger charge is -2.32. The molecule has 86 valence electrons. The molecule has 0 bridgehead atoms. The Labute approximate surface area is 96.0 Å². The van der Waals surface area contributed by atoms with E-state index in [1.807, 2.05) is 0 Å². The maximum absolute atomic E-state index is 12.0. The van der Waals surface area contributed by atoms with Crippen LogP contribution in [0.5, 0.6) is 0 Å². The van der Waals surface area contributed by atoms with Crippen molar-refractivity contribution in [1.29, 1.82) is 0 Å². The summed E-state index contributed by atoms with van der Waals surface area (Å²) in [5.74, 6) is -1.22. The van der Waals surface area contributed by atoms with Gasteiger partial charge in [0.05, 0.1) is 6.20 Å². The van der Waals surface area contributed by atoms with E-state index in [0.29, 0.717) is 17.8 Å². The van der Waals surface area contributed by atoms with Crippen LogP contribution in [0.25, 0.3) is 0 Å². The van der Waals surface area contributed by atoms with Crippen LogP contribution in [0.3, 0.4) is 0 Å². The van der Waals surface area contributed by atoms with Crippen molar-refractivity contribution in [3.63, 3.8) is 0 Å². The topological polar surface area (TPSA) is 83.4 Å². The van der Waals surface area contributed by atoms with Gasteiger partial charge < -0.3 is 10.0 Å². The number of hydrogen-bond donors (Lipinski definition) is 1. The molecular formula is C9H11N3O3S. The Kier molecular flexibility index (Phi) is 3.14. The predicted octanol–water partition coefficient (Wildman–Crippen LogP) is 0.617. The number of hydrogen-bond acceptors (Lipinski definition) is 5. The van der Waals surface area contributed by atoms with Crippen molar-refractivity contribution >= 4 is 23.4 Å². The van der Waals surface area contributed by atoms with Crippen LogP contribution in [0.4, 0.5) is 0 Å². The number of amides is 1. The zero-order valence-electron chi connectivity index (χ0n) is 8.50. The fourth-order valence-corrected chi connectivity index (χ4v) is 2.31. The molecule has 2 rings (SSSR count). The largest absolute Gasteiger partial charge is 0.480 e. The first-order valence-corrected chi connectivity index (χ1v) is 5.78. The molecule has 1 fully saturated rings. The number of likely N-dealkylation sites (tertiary alicyclic amines) is 1.